The third-order valence-corrected chi connectivity index (χ3v) is 3.74. The van der Waals surface area contributed by atoms with E-state index in [0.717, 1.165) is 11.1 Å². The molecule has 0 aliphatic rings. The standard InChI is InChI=1S/C19H22N2O4/c1-4-25-18-16(10-7-11-20-18)19(23)21(13-17(22)24-3)12-15-9-6-5-8-14(15)2/h5-11H,4,12-13H2,1-3H3. The van der Waals surface area contributed by atoms with Gasteiger partial charge >= 0.3 is 5.97 Å². The van der Waals surface area contributed by atoms with Gasteiger partial charge in [-0.05, 0) is 37.1 Å². The lowest BCUT2D eigenvalue weighted by molar-refractivity contribution is -0.141. The number of carbonyl (C=O) groups is 2. The summed E-state index contributed by atoms with van der Waals surface area (Å²) in [7, 11) is 1.30. The van der Waals surface area contributed by atoms with Crippen molar-refractivity contribution in [1.29, 1.82) is 0 Å². The molecule has 25 heavy (non-hydrogen) atoms. The van der Waals surface area contributed by atoms with Crippen LogP contribution in [0.15, 0.2) is 42.6 Å². The maximum absolute atomic E-state index is 13.0. The Kier molecular flexibility index (Phi) is 6.51. The molecule has 1 aromatic heterocycles. The van der Waals surface area contributed by atoms with Crippen LogP contribution in [0.4, 0.5) is 0 Å². The average molecular weight is 342 g/mol. The molecule has 0 aliphatic heterocycles. The quantitative estimate of drug-likeness (QED) is 0.724. The van der Waals surface area contributed by atoms with Crippen molar-refractivity contribution in [3.63, 3.8) is 0 Å². The second-order valence-corrected chi connectivity index (χ2v) is 5.45. The van der Waals surface area contributed by atoms with Gasteiger partial charge in [0, 0.05) is 12.7 Å². The van der Waals surface area contributed by atoms with Crippen molar-refractivity contribution in [3.05, 3.63) is 59.3 Å². The van der Waals surface area contributed by atoms with Crippen LogP contribution in [0.2, 0.25) is 0 Å². The van der Waals surface area contributed by atoms with Gasteiger partial charge < -0.3 is 14.4 Å². The number of rotatable bonds is 7. The highest BCUT2D eigenvalue weighted by molar-refractivity contribution is 5.97. The highest BCUT2D eigenvalue weighted by atomic mass is 16.5. The predicted molar refractivity (Wildman–Crippen MR) is 93.3 cm³/mol. The van der Waals surface area contributed by atoms with Crippen molar-refractivity contribution < 1.29 is 19.1 Å². The largest absolute Gasteiger partial charge is 0.477 e. The zero-order valence-electron chi connectivity index (χ0n) is 14.7. The van der Waals surface area contributed by atoms with Crippen molar-refractivity contribution in [2.75, 3.05) is 20.3 Å². The first-order chi connectivity index (χ1) is 12.1. The van der Waals surface area contributed by atoms with Gasteiger partial charge in [-0.15, -0.1) is 0 Å². The molecule has 0 fully saturated rings. The van der Waals surface area contributed by atoms with Crippen LogP contribution >= 0.6 is 0 Å². The molecule has 0 N–H and O–H groups in total. The Bertz CT molecular complexity index is 746. The van der Waals surface area contributed by atoms with Gasteiger partial charge in [0.1, 0.15) is 12.1 Å². The number of pyridine rings is 1. The van der Waals surface area contributed by atoms with E-state index < -0.39 is 5.97 Å². The lowest BCUT2D eigenvalue weighted by Crippen LogP contribution is -2.36. The zero-order chi connectivity index (χ0) is 18.2. The number of aryl methyl sites for hydroxylation is 1. The van der Waals surface area contributed by atoms with Crippen LogP contribution in [0.25, 0.3) is 0 Å². The molecule has 6 heteroatoms. The first-order valence-electron chi connectivity index (χ1n) is 8.05. The molecule has 0 bridgehead atoms. The second-order valence-electron chi connectivity index (χ2n) is 5.45. The van der Waals surface area contributed by atoms with Crippen molar-refractivity contribution in [2.45, 2.75) is 20.4 Å². The fourth-order valence-corrected chi connectivity index (χ4v) is 2.39. The number of carbonyl (C=O) groups excluding carboxylic acids is 2. The van der Waals surface area contributed by atoms with Gasteiger partial charge in [0.25, 0.3) is 5.91 Å². The molecule has 6 nitrogen and oxygen atoms in total. The Morgan fingerprint density at radius 3 is 2.60 bits per heavy atom. The average Bonchev–Trinajstić information content (AvgIpc) is 2.63. The Labute approximate surface area is 147 Å². The number of methoxy groups -OCH3 is 1. The van der Waals surface area contributed by atoms with Crippen LogP contribution < -0.4 is 4.74 Å². The van der Waals surface area contributed by atoms with Crippen molar-refractivity contribution >= 4 is 11.9 Å². The van der Waals surface area contributed by atoms with Crippen LogP contribution in [0.5, 0.6) is 5.88 Å². The minimum Gasteiger partial charge on any atom is -0.477 e. The van der Waals surface area contributed by atoms with Gasteiger partial charge in [0.2, 0.25) is 5.88 Å². The van der Waals surface area contributed by atoms with Crippen molar-refractivity contribution in [2.24, 2.45) is 0 Å². The summed E-state index contributed by atoms with van der Waals surface area (Å²) in [5.74, 6) is -0.552. The Balaban J connectivity index is 2.33. The molecule has 0 spiro atoms. The van der Waals surface area contributed by atoms with Crippen LogP contribution in [0.3, 0.4) is 0 Å². The molecule has 132 valence electrons. The summed E-state index contributed by atoms with van der Waals surface area (Å²) in [5, 5.41) is 0. The van der Waals surface area contributed by atoms with E-state index in [2.05, 4.69) is 4.98 Å². The first-order valence-corrected chi connectivity index (χ1v) is 8.05. The number of esters is 1. The van der Waals surface area contributed by atoms with Gasteiger partial charge in [-0.3, -0.25) is 9.59 Å². The van der Waals surface area contributed by atoms with E-state index in [-0.39, 0.29) is 18.3 Å². The van der Waals surface area contributed by atoms with Gasteiger partial charge in [-0.1, -0.05) is 24.3 Å². The molecule has 0 atom stereocenters. The molecular weight excluding hydrogens is 320 g/mol. The molecule has 1 aromatic carbocycles. The monoisotopic (exact) mass is 342 g/mol. The van der Waals surface area contributed by atoms with E-state index >= 15 is 0 Å². The minimum absolute atomic E-state index is 0.149. The molecule has 0 radical (unpaired) electrons. The molecule has 0 aliphatic carbocycles. The SMILES string of the molecule is CCOc1ncccc1C(=O)N(CC(=O)OC)Cc1ccccc1C. The molecule has 2 rings (SSSR count). The maximum Gasteiger partial charge on any atom is 0.325 e. The molecule has 0 unspecified atom stereocenters. The maximum atomic E-state index is 13.0. The van der Waals surface area contributed by atoms with Crippen LogP contribution in [0.1, 0.15) is 28.4 Å². The number of hydrogen-bond donors (Lipinski definition) is 0. The Morgan fingerprint density at radius 2 is 1.92 bits per heavy atom. The summed E-state index contributed by atoms with van der Waals surface area (Å²) in [6.07, 6.45) is 1.56. The van der Waals surface area contributed by atoms with Crippen LogP contribution in [-0.4, -0.2) is 42.0 Å². The van der Waals surface area contributed by atoms with Gasteiger partial charge in [-0.2, -0.15) is 0 Å². The number of amides is 1. The highest BCUT2D eigenvalue weighted by Gasteiger charge is 2.23. The molecule has 0 saturated carbocycles. The van der Waals surface area contributed by atoms with Gasteiger partial charge in [0.15, 0.2) is 0 Å². The minimum atomic E-state index is -0.483. The summed E-state index contributed by atoms with van der Waals surface area (Å²) >= 11 is 0. The number of benzene rings is 1. The topological polar surface area (TPSA) is 68.7 Å². The summed E-state index contributed by atoms with van der Waals surface area (Å²) in [4.78, 5) is 30.3. The number of hydrogen-bond acceptors (Lipinski definition) is 5. The van der Waals surface area contributed by atoms with Crippen molar-refractivity contribution in [3.8, 4) is 5.88 Å². The van der Waals surface area contributed by atoms with Crippen LogP contribution in [-0.2, 0) is 16.1 Å². The lowest BCUT2D eigenvalue weighted by Gasteiger charge is -2.23. The predicted octanol–water partition coefficient (Wildman–Crippen LogP) is 2.60. The summed E-state index contributed by atoms with van der Waals surface area (Å²) in [6, 6.07) is 11.0. The smallest absolute Gasteiger partial charge is 0.325 e. The van der Waals surface area contributed by atoms with E-state index in [0.29, 0.717) is 18.7 Å². The molecule has 0 saturated heterocycles. The number of nitrogens with zero attached hydrogens (tertiary/aromatic N) is 2. The summed E-state index contributed by atoms with van der Waals surface area (Å²) < 4.78 is 10.2. The normalized spacial score (nSPS) is 10.2. The zero-order valence-corrected chi connectivity index (χ0v) is 14.7. The summed E-state index contributed by atoms with van der Waals surface area (Å²) in [6.45, 7) is 4.32. The number of aromatic nitrogens is 1. The molecule has 2 aromatic rings. The van der Waals surface area contributed by atoms with Crippen molar-refractivity contribution in [1.82, 2.24) is 9.88 Å². The number of ether oxygens (including phenoxy) is 2. The Morgan fingerprint density at radius 1 is 1.16 bits per heavy atom. The van der Waals surface area contributed by atoms with E-state index in [1.807, 2.05) is 38.1 Å². The summed E-state index contributed by atoms with van der Waals surface area (Å²) in [5.41, 5.74) is 2.32. The molecule has 1 heterocycles. The van der Waals surface area contributed by atoms with E-state index in [9.17, 15) is 9.59 Å². The molecular formula is C19H22N2O4. The van der Waals surface area contributed by atoms with E-state index in [4.69, 9.17) is 9.47 Å². The van der Waals surface area contributed by atoms with E-state index in [1.165, 1.54) is 12.0 Å². The fraction of sp³-hybridized carbons (Fsp3) is 0.316. The second kappa shape index (κ2) is 8.82. The van der Waals surface area contributed by atoms with E-state index in [1.54, 1.807) is 18.3 Å². The third-order valence-electron chi connectivity index (χ3n) is 3.74. The third kappa shape index (κ3) is 4.79. The van der Waals surface area contributed by atoms with Gasteiger partial charge in [0.05, 0.1) is 13.7 Å². The Hall–Kier alpha value is -2.89. The van der Waals surface area contributed by atoms with Gasteiger partial charge in [-0.25, -0.2) is 4.98 Å². The molecule has 1 amide bonds. The fourth-order valence-electron chi connectivity index (χ4n) is 2.39. The van der Waals surface area contributed by atoms with Crippen LogP contribution in [0, 0.1) is 6.92 Å². The first kappa shape index (κ1) is 18.4. The highest BCUT2D eigenvalue weighted by Crippen LogP contribution is 2.19. The lowest BCUT2D eigenvalue weighted by atomic mass is 10.1.